The van der Waals surface area contributed by atoms with Crippen LogP contribution < -0.4 is 0 Å². The van der Waals surface area contributed by atoms with Gasteiger partial charge in [0.05, 0.1) is 12.7 Å². The Morgan fingerprint density at radius 2 is 2.07 bits per heavy atom. The number of phenols is 1. The Balaban J connectivity index is 3.14. The van der Waals surface area contributed by atoms with Crippen LogP contribution in [0.25, 0.3) is 0 Å². The van der Waals surface area contributed by atoms with E-state index in [2.05, 4.69) is 0 Å². The minimum atomic E-state index is -0.662. The summed E-state index contributed by atoms with van der Waals surface area (Å²) in [5.74, 6) is 0.167. The smallest absolute Gasteiger partial charge is 0.124 e. The first-order chi connectivity index (χ1) is 6.56. The molecule has 0 aromatic heterocycles. The van der Waals surface area contributed by atoms with Crippen LogP contribution in [0.5, 0.6) is 5.75 Å². The molecule has 1 unspecified atom stereocenters. The van der Waals surface area contributed by atoms with Crippen LogP contribution in [0.2, 0.25) is 0 Å². The summed E-state index contributed by atoms with van der Waals surface area (Å²) in [5.41, 5.74) is 2.27. The molecule has 0 radical (unpaired) electrons. The average molecular weight is 196 g/mol. The molecule has 0 aliphatic carbocycles. The van der Waals surface area contributed by atoms with Gasteiger partial charge >= 0.3 is 0 Å². The maximum Gasteiger partial charge on any atom is 0.124 e. The van der Waals surface area contributed by atoms with E-state index in [1.54, 1.807) is 27.0 Å². The molecule has 1 rings (SSSR count). The number of hydrogen-bond donors (Lipinski definition) is 2. The Hall–Kier alpha value is -1.06. The monoisotopic (exact) mass is 196 g/mol. The number of hydrogen-bond acceptors (Lipinski definition) is 3. The van der Waals surface area contributed by atoms with Crippen LogP contribution in [0, 0.1) is 6.92 Å². The molecule has 14 heavy (non-hydrogen) atoms. The van der Waals surface area contributed by atoms with E-state index < -0.39 is 6.10 Å². The first-order valence-corrected chi connectivity index (χ1v) is 4.55. The zero-order chi connectivity index (χ0) is 10.7. The molecule has 0 saturated heterocycles. The fourth-order valence-electron chi connectivity index (χ4n) is 1.45. The third-order valence-corrected chi connectivity index (χ3v) is 2.15. The predicted octanol–water partition coefficient (Wildman–Crippen LogP) is 1.90. The molecule has 0 aliphatic rings. The highest BCUT2D eigenvalue weighted by Gasteiger charge is 2.11. The maximum atomic E-state index is 9.66. The van der Waals surface area contributed by atoms with E-state index in [9.17, 15) is 10.2 Å². The van der Waals surface area contributed by atoms with Gasteiger partial charge in [-0.05, 0) is 31.0 Å². The summed E-state index contributed by atoms with van der Waals surface area (Å²) in [4.78, 5) is 0. The second-order valence-electron chi connectivity index (χ2n) is 3.46. The molecule has 0 aliphatic heterocycles. The van der Waals surface area contributed by atoms with Crippen molar-refractivity contribution < 1.29 is 14.9 Å². The van der Waals surface area contributed by atoms with Crippen molar-refractivity contribution in [3.05, 3.63) is 28.8 Å². The number of rotatable bonds is 3. The lowest BCUT2D eigenvalue weighted by atomic mass is 10.0. The zero-order valence-corrected chi connectivity index (χ0v) is 8.74. The Bertz CT molecular complexity index is 319. The SMILES string of the molecule is COCc1cc(C)c(O)c(C(C)O)c1. The lowest BCUT2D eigenvalue weighted by Crippen LogP contribution is -1.97. The van der Waals surface area contributed by atoms with Gasteiger partial charge in [-0.2, -0.15) is 0 Å². The highest BCUT2D eigenvalue weighted by Crippen LogP contribution is 2.29. The van der Waals surface area contributed by atoms with E-state index in [-0.39, 0.29) is 5.75 Å². The van der Waals surface area contributed by atoms with E-state index in [0.717, 1.165) is 11.1 Å². The van der Waals surface area contributed by atoms with Crippen molar-refractivity contribution in [2.75, 3.05) is 7.11 Å². The molecule has 0 heterocycles. The van der Waals surface area contributed by atoms with Crippen LogP contribution >= 0.6 is 0 Å². The highest BCUT2D eigenvalue weighted by molar-refractivity contribution is 5.43. The van der Waals surface area contributed by atoms with Crippen LogP contribution in [-0.2, 0) is 11.3 Å². The van der Waals surface area contributed by atoms with Crippen molar-refractivity contribution in [1.82, 2.24) is 0 Å². The molecule has 1 aromatic carbocycles. The van der Waals surface area contributed by atoms with Gasteiger partial charge in [0.1, 0.15) is 5.75 Å². The minimum Gasteiger partial charge on any atom is -0.507 e. The van der Waals surface area contributed by atoms with Crippen LogP contribution in [-0.4, -0.2) is 17.3 Å². The standard InChI is InChI=1S/C11H16O3/c1-7-4-9(6-14-3)5-10(8(2)12)11(7)13/h4-5,8,12-13H,6H2,1-3H3. The van der Waals surface area contributed by atoms with Gasteiger partial charge < -0.3 is 14.9 Å². The minimum absolute atomic E-state index is 0.167. The molecule has 0 bridgehead atoms. The first kappa shape index (κ1) is 11.0. The molecule has 2 N–H and O–H groups in total. The van der Waals surface area contributed by atoms with Gasteiger partial charge in [-0.15, -0.1) is 0 Å². The van der Waals surface area contributed by atoms with Gasteiger partial charge in [0.25, 0.3) is 0 Å². The largest absolute Gasteiger partial charge is 0.507 e. The third kappa shape index (κ3) is 2.25. The summed E-state index contributed by atoms with van der Waals surface area (Å²) >= 11 is 0. The molecule has 1 atom stereocenters. The number of aromatic hydroxyl groups is 1. The maximum absolute atomic E-state index is 9.66. The van der Waals surface area contributed by atoms with Crippen molar-refractivity contribution in [3.8, 4) is 5.75 Å². The zero-order valence-electron chi connectivity index (χ0n) is 8.74. The van der Waals surface area contributed by atoms with E-state index in [1.807, 2.05) is 6.07 Å². The molecule has 0 amide bonds. The van der Waals surface area contributed by atoms with Crippen LogP contribution in [0.3, 0.4) is 0 Å². The quantitative estimate of drug-likeness (QED) is 0.776. The Morgan fingerprint density at radius 1 is 1.43 bits per heavy atom. The third-order valence-electron chi connectivity index (χ3n) is 2.15. The number of ether oxygens (including phenoxy) is 1. The van der Waals surface area contributed by atoms with Crippen molar-refractivity contribution in [2.45, 2.75) is 26.6 Å². The van der Waals surface area contributed by atoms with Gasteiger partial charge in [-0.1, -0.05) is 6.07 Å². The van der Waals surface area contributed by atoms with Gasteiger partial charge in [0.15, 0.2) is 0 Å². The molecule has 3 heteroatoms. The molecule has 0 fully saturated rings. The number of methoxy groups -OCH3 is 1. The van der Waals surface area contributed by atoms with Gasteiger partial charge in [0.2, 0.25) is 0 Å². The molecular weight excluding hydrogens is 180 g/mol. The number of phenolic OH excluding ortho intramolecular Hbond substituents is 1. The van der Waals surface area contributed by atoms with Gasteiger partial charge in [-0.25, -0.2) is 0 Å². The Kier molecular flexibility index (Phi) is 3.49. The highest BCUT2D eigenvalue weighted by atomic mass is 16.5. The second-order valence-corrected chi connectivity index (χ2v) is 3.46. The van der Waals surface area contributed by atoms with E-state index in [4.69, 9.17) is 4.74 Å². The number of benzene rings is 1. The molecule has 78 valence electrons. The Labute approximate surface area is 84.0 Å². The summed E-state index contributed by atoms with van der Waals surface area (Å²) in [7, 11) is 1.62. The van der Waals surface area contributed by atoms with E-state index in [0.29, 0.717) is 12.2 Å². The average Bonchev–Trinajstić information content (AvgIpc) is 2.11. The summed E-state index contributed by atoms with van der Waals surface area (Å²) in [5, 5.41) is 19.1. The molecule has 3 nitrogen and oxygen atoms in total. The summed E-state index contributed by atoms with van der Waals surface area (Å²) in [6, 6.07) is 3.61. The van der Waals surface area contributed by atoms with Crippen molar-refractivity contribution >= 4 is 0 Å². The number of aliphatic hydroxyl groups excluding tert-OH is 1. The number of aliphatic hydroxyl groups is 1. The topological polar surface area (TPSA) is 49.7 Å². The summed E-state index contributed by atoms with van der Waals surface area (Å²) in [6.45, 7) is 3.92. The normalized spacial score (nSPS) is 12.9. The van der Waals surface area contributed by atoms with Crippen LogP contribution in [0.15, 0.2) is 12.1 Å². The van der Waals surface area contributed by atoms with Crippen LogP contribution in [0.1, 0.15) is 29.7 Å². The number of aryl methyl sites for hydroxylation is 1. The molecule has 0 spiro atoms. The lowest BCUT2D eigenvalue weighted by Gasteiger charge is -2.12. The van der Waals surface area contributed by atoms with Crippen molar-refractivity contribution in [3.63, 3.8) is 0 Å². The van der Waals surface area contributed by atoms with Crippen molar-refractivity contribution in [2.24, 2.45) is 0 Å². The van der Waals surface area contributed by atoms with Gasteiger partial charge in [0, 0.05) is 12.7 Å². The Morgan fingerprint density at radius 3 is 2.57 bits per heavy atom. The molecule has 1 aromatic rings. The first-order valence-electron chi connectivity index (χ1n) is 4.55. The molecular formula is C11H16O3. The summed E-state index contributed by atoms with van der Waals surface area (Å²) in [6.07, 6.45) is -0.662. The fraction of sp³-hybridized carbons (Fsp3) is 0.455. The fourth-order valence-corrected chi connectivity index (χ4v) is 1.45. The van der Waals surface area contributed by atoms with E-state index in [1.165, 1.54) is 0 Å². The van der Waals surface area contributed by atoms with E-state index >= 15 is 0 Å². The van der Waals surface area contributed by atoms with Crippen LogP contribution in [0.4, 0.5) is 0 Å². The predicted molar refractivity (Wildman–Crippen MR) is 54.2 cm³/mol. The van der Waals surface area contributed by atoms with Gasteiger partial charge in [-0.3, -0.25) is 0 Å². The summed E-state index contributed by atoms with van der Waals surface area (Å²) < 4.78 is 4.99. The lowest BCUT2D eigenvalue weighted by molar-refractivity contribution is 0.181. The second kappa shape index (κ2) is 4.44. The molecule has 0 saturated carbocycles. The van der Waals surface area contributed by atoms with Crippen molar-refractivity contribution in [1.29, 1.82) is 0 Å².